The van der Waals surface area contributed by atoms with E-state index in [4.69, 9.17) is 176 Å². The van der Waals surface area contributed by atoms with E-state index in [0.29, 0.717) is 62.9 Å². The van der Waals surface area contributed by atoms with Crippen molar-refractivity contribution in [1.29, 1.82) is 0 Å². The molecule has 18 rings (SSSR count). The number of ether oxygens (including phenoxy) is 12. The van der Waals surface area contributed by atoms with E-state index in [9.17, 15) is 30.1 Å². The Bertz CT molecular complexity index is 9410. The van der Waals surface area contributed by atoms with Crippen molar-refractivity contribution in [2.75, 3.05) is 163 Å². The van der Waals surface area contributed by atoms with Crippen LogP contribution in [0.3, 0.4) is 0 Å². The van der Waals surface area contributed by atoms with Crippen LogP contribution in [0.2, 0.25) is 0 Å². The Hall–Kier alpha value is -9.30. The second kappa shape index (κ2) is 50.0. The lowest BCUT2D eigenvalue weighted by atomic mass is 9.79. The van der Waals surface area contributed by atoms with Gasteiger partial charge in [0.2, 0.25) is 0 Å². The largest absolute Gasteiger partial charge is 0.493 e. The standard InChI is InChI=1S/3C20H29NO3.3C19H27NO3/c3*1-5-13(2)8-15-12-21-7-6-14-9-19(23-3)20(24-4)10-16(14)17(21)11-18(15)22;3*1-12(2)7-14-11-20-6-5-13-8-18(22-3)19(23-4)9-15(13)16(20)10-17(14)21/h3*9-10,13,15,17H,5-8,11-12H2,1-4H3;3*8-9,12,14,16H,5-7,10-11H2,1-4H3/i2D3,3D3,4D3,5D2,6D2,7D2,8D2,11D2,12D2,13D,15D,17D;2D3,3D3,4D3,5D2,8D2,9D,10D,11D2,13D,15D;2D3,3D3,4D3,5D2,8D2,9D,10D,13D;3D3,4D3,8D,9D,10D2,14D;3D3,4D3,8D,9D,11D2;3D3,4D3,8D,9D. The summed E-state index contributed by atoms with van der Waals surface area (Å²) < 4.78 is 764. The van der Waals surface area contributed by atoms with E-state index < -0.39 is 453 Å². The zero-order chi connectivity index (χ0) is 177. The van der Waals surface area contributed by atoms with Gasteiger partial charge in [-0.2, -0.15) is 0 Å². The molecule has 0 aliphatic carbocycles. The lowest BCUT2D eigenvalue weighted by Gasteiger charge is -2.43. The number of nitrogens with zero attached hydrogens (tertiary/aromatic N) is 6. The van der Waals surface area contributed by atoms with Crippen LogP contribution in [0.4, 0.5) is 0 Å². The summed E-state index contributed by atoms with van der Waals surface area (Å²) in [5, 5.41) is 0. The van der Waals surface area contributed by atoms with E-state index in [-0.39, 0.29) is 164 Å². The van der Waals surface area contributed by atoms with E-state index >= 15 is 0 Å². The van der Waals surface area contributed by atoms with E-state index in [2.05, 4.69) is 18.7 Å². The molecule has 0 radical (unpaired) electrons. The first-order chi connectivity index (χ1) is 102. The third-order valence-corrected chi connectivity index (χ3v) is 24.9. The minimum absolute atomic E-state index is 0.0143. The molecule has 0 amide bonds. The number of aryl methyl sites for hydroxylation is 1. The first kappa shape index (κ1) is 41.9. The second-order valence-electron chi connectivity index (χ2n) is 35.3. The molecule has 24 nitrogen and oxygen atoms in total. The highest BCUT2D eigenvalue weighted by Gasteiger charge is 2.47. The van der Waals surface area contributed by atoms with E-state index in [0.717, 1.165) is 18.2 Å². The Balaban J connectivity index is 0.000000219. The van der Waals surface area contributed by atoms with Crippen molar-refractivity contribution in [1.82, 2.24) is 29.4 Å². The fraction of sp³-hybridized carbons (Fsp3) is 0.641. The number of hydrogen-bond acceptors (Lipinski definition) is 24. The number of rotatable bonds is 27. The van der Waals surface area contributed by atoms with Crippen molar-refractivity contribution in [3.63, 3.8) is 0 Å². The minimum atomic E-state index is -4.67. The van der Waals surface area contributed by atoms with Crippen molar-refractivity contribution in [3.8, 4) is 69.0 Å². The number of carbonyl (C=O) groups excluding carboxylic acids is 6. The summed E-state index contributed by atoms with van der Waals surface area (Å²) in [6.45, 7) is -9.25. The van der Waals surface area contributed by atoms with Gasteiger partial charge in [0, 0.05) is 245 Å². The molecule has 141 heavy (non-hydrogen) atoms. The van der Waals surface area contributed by atoms with Gasteiger partial charge in [-0.15, -0.1) is 0 Å². The monoisotopic (exact) mass is 2030 g/mol. The number of methoxy groups -OCH3 is 12. The fourth-order valence-corrected chi connectivity index (χ4v) is 18.3. The zero-order valence-corrected chi connectivity index (χ0v) is 78.2. The number of fused-ring (bicyclic) bond motifs is 18. The molecule has 0 bridgehead atoms. The van der Waals surface area contributed by atoms with Crippen LogP contribution in [0, 0.1) is 70.9 Å². The molecule has 6 fully saturated rings. The molecule has 6 aromatic carbocycles. The number of Topliss-reactive ketones (excluding diaryl/α,β-unsaturated/α-hetero) is 6. The average Bonchev–Trinajstić information content (AvgIpc) is 0.633. The zero-order valence-electron chi connectivity index (χ0n) is 166. The maximum atomic E-state index is 14.1. The van der Waals surface area contributed by atoms with Crippen molar-refractivity contribution in [2.45, 2.75) is 253 Å². The van der Waals surface area contributed by atoms with Gasteiger partial charge in [-0.3, -0.25) is 58.2 Å². The Morgan fingerprint density at radius 2 is 0.652 bits per heavy atom. The Kier molecular flexibility index (Phi) is 14.9. The first-order valence-corrected chi connectivity index (χ1v) is 44.7. The SMILES string of the molecule is [2H]C([2H])([2H])Oc1cc2c(cc1OC([2H])([2H])[2H])C1([2H])N(C([2H])([2H])C2([2H])[2H])C([2H])([2H])C([2H])(C([2H])([2H])C([2H])(C([2H])([2H])[2H])C([2H])([2H])C)C(=O)C1([2H])[2H].[2H]c1c2c(c([2H])c(OC([2H])([2H])[2H])c1OC([2H])([2H])[2H])C1CC(=O)C(C([2H])([2H])C([2H])(C([2H])([2H])[2H])C([2H])([2H])C)CN1CC2.[2H]c1c2c(c([2H])c(OC([2H])([2H])[2H])c1OC([2H])([2H])[2H])C1CC(=O)C(CC(C)C)C([2H])([2H])N1CC2.[2H]c1c2c(c([2H])c(OC([2H])([2H])[2H])c1OC([2H])([2H])[2H])C1CC(=O)C(CC(C)C)CN1CC2.[2H]c1c2c(c([2H])c(OC([2H])([2H])[2H])c1OC([2H])([2H])[2H])C1N(CC2)CC([2H])(C([2H])([2H])C([2H])(C([2H])([2H])[2H])C([2H])([2H])C)C(=O)C1([2H])[2H].[2H]c1c2c(c([2H])c(OC([2H])([2H])[2H])c1OC([2H])([2H])[2H])C1N(CC2)CC([2H])(CC(C)C)C(=O)C1([2H])[2H]. The minimum Gasteiger partial charge on any atom is -0.493 e. The van der Waals surface area contributed by atoms with Gasteiger partial charge in [-0.05, 0) is 252 Å². The van der Waals surface area contributed by atoms with E-state index in [1.165, 1.54) is 9.80 Å². The first-order valence-electron chi connectivity index (χ1n) is 88.7. The fourth-order valence-electron chi connectivity index (χ4n) is 18.3. The van der Waals surface area contributed by atoms with Gasteiger partial charge >= 0.3 is 0 Å². The van der Waals surface area contributed by atoms with Crippen LogP contribution in [-0.2, 0) is 67.2 Å². The number of ketones is 6. The van der Waals surface area contributed by atoms with Gasteiger partial charge in [0.05, 0.1) is 149 Å². The summed E-state index contributed by atoms with van der Waals surface area (Å²) in [4.78, 5) is 87.3. The molecule has 12 aliphatic rings. The van der Waals surface area contributed by atoms with Crippen molar-refractivity contribution in [2.24, 2.45) is 70.9 Å². The Morgan fingerprint density at radius 3 is 1.06 bits per heavy atom. The molecule has 0 N–H and O–H groups in total. The summed E-state index contributed by atoms with van der Waals surface area (Å²) in [5.74, 6) is -40.0. The lowest BCUT2D eigenvalue weighted by molar-refractivity contribution is -0.130. The van der Waals surface area contributed by atoms with Crippen LogP contribution in [0.1, 0.15) is 402 Å². The Labute approximate surface area is 966 Å². The highest BCUT2D eigenvalue weighted by Crippen LogP contribution is 2.51. The van der Waals surface area contributed by atoms with Crippen LogP contribution >= 0.6 is 0 Å². The summed E-state index contributed by atoms with van der Waals surface area (Å²) in [5.41, 5.74) is -2.03. The van der Waals surface area contributed by atoms with Crippen molar-refractivity contribution < 1.29 is 206 Å². The van der Waals surface area contributed by atoms with Gasteiger partial charge in [-0.25, -0.2) is 0 Å². The number of hydrogen-bond donors (Lipinski definition) is 0. The van der Waals surface area contributed by atoms with Crippen molar-refractivity contribution >= 4 is 34.7 Å². The predicted molar refractivity (Wildman–Crippen MR) is 555 cm³/mol. The molecule has 15 unspecified atom stereocenters. The third-order valence-electron chi connectivity index (χ3n) is 24.9. The molecule has 774 valence electrons. The molecule has 0 spiro atoms. The number of benzene rings is 6. The van der Waals surface area contributed by atoms with Gasteiger partial charge in [0.1, 0.15) is 34.7 Å². The smallest absolute Gasteiger partial charge is 0.161 e. The van der Waals surface area contributed by atoms with Gasteiger partial charge in [-0.1, -0.05) is 102 Å². The third kappa shape index (κ3) is 25.6. The molecule has 15 atom stereocenters. The van der Waals surface area contributed by atoms with Crippen LogP contribution in [0.5, 0.6) is 69.0 Å². The highest BCUT2D eigenvalue weighted by atomic mass is 16.5. The quantitative estimate of drug-likeness (QED) is 0.0466. The lowest BCUT2D eigenvalue weighted by Crippen LogP contribution is -2.46. The predicted octanol–water partition coefficient (Wildman–Crippen LogP) is 20.6. The molecular weight excluding hydrogens is 1780 g/mol. The normalized spacial score (nSPS) is 41.0. The van der Waals surface area contributed by atoms with Gasteiger partial charge in [0.15, 0.2) is 69.0 Å². The number of piperidine rings is 6. The van der Waals surface area contributed by atoms with Crippen LogP contribution in [0.15, 0.2) is 72.6 Å². The molecule has 24 heteroatoms. The van der Waals surface area contributed by atoms with Gasteiger partial charge in [0.25, 0.3) is 0 Å². The van der Waals surface area contributed by atoms with Crippen LogP contribution < -0.4 is 56.8 Å². The molecule has 6 saturated heterocycles. The molecule has 0 saturated carbocycles. The van der Waals surface area contributed by atoms with E-state index in [1.807, 2.05) is 27.7 Å². The molecule has 12 aliphatic heterocycles. The Morgan fingerprint density at radius 1 is 0.333 bits per heavy atom. The summed E-state index contributed by atoms with van der Waals surface area (Å²) in [7, 11) is -37.8. The maximum absolute atomic E-state index is 14.1. The summed E-state index contributed by atoms with van der Waals surface area (Å²) in [6.07, 6.45) is -34.4. The highest BCUT2D eigenvalue weighted by molar-refractivity contribution is 5.86. The van der Waals surface area contributed by atoms with Crippen LogP contribution in [-0.4, -0.2) is 227 Å². The topological polar surface area (TPSA) is 233 Å². The molecular formula is C117H168N6O18. The second-order valence-corrected chi connectivity index (χ2v) is 35.3. The summed E-state index contributed by atoms with van der Waals surface area (Å²) >= 11 is 0. The van der Waals surface area contributed by atoms with E-state index in [1.54, 1.807) is 4.90 Å². The summed E-state index contributed by atoms with van der Waals surface area (Å²) in [6, 6.07) is -14.7. The maximum Gasteiger partial charge on any atom is 0.161 e. The van der Waals surface area contributed by atoms with Crippen molar-refractivity contribution in [3.05, 3.63) is 139 Å². The molecule has 0 aromatic heterocycles. The molecule has 6 aromatic rings. The van der Waals surface area contributed by atoms with Crippen LogP contribution in [0.25, 0.3) is 0 Å². The number of carbonyl (C=O) groups is 6. The average molecular weight is 2040 g/mol. The molecule has 12 heterocycles. The van der Waals surface area contributed by atoms with Gasteiger partial charge < -0.3 is 56.8 Å².